The van der Waals surface area contributed by atoms with E-state index in [1.807, 2.05) is 6.07 Å². The number of carbonyl (C=O) groups excluding carboxylic acids is 2. The van der Waals surface area contributed by atoms with Gasteiger partial charge in [-0.1, -0.05) is 41.4 Å². The van der Waals surface area contributed by atoms with Gasteiger partial charge in [0, 0.05) is 37.1 Å². The zero-order valence-corrected chi connectivity index (χ0v) is 28.0. The van der Waals surface area contributed by atoms with Crippen LogP contribution in [0.3, 0.4) is 0 Å². The summed E-state index contributed by atoms with van der Waals surface area (Å²) in [5.41, 5.74) is 0.953. The molecule has 1 aromatic heterocycles. The van der Waals surface area contributed by atoms with Crippen LogP contribution in [0, 0.1) is 11.3 Å². The number of hydrogen-bond acceptors (Lipinski definition) is 9. The number of sulfonamides is 1. The van der Waals surface area contributed by atoms with Crippen molar-refractivity contribution in [2.24, 2.45) is 0 Å². The van der Waals surface area contributed by atoms with Crippen LogP contribution in [0.2, 0.25) is 10.0 Å². The van der Waals surface area contributed by atoms with Crippen LogP contribution >= 0.6 is 23.2 Å². The van der Waals surface area contributed by atoms with Crippen LogP contribution in [0.1, 0.15) is 40.7 Å². The van der Waals surface area contributed by atoms with Crippen LogP contribution in [0.5, 0.6) is 0 Å². The molecule has 2 amide bonds. The molecular formula is C32H30Cl2N6O8S. The van der Waals surface area contributed by atoms with E-state index in [0.717, 1.165) is 4.31 Å². The van der Waals surface area contributed by atoms with Crippen molar-refractivity contribution in [2.45, 2.75) is 54.7 Å². The molecule has 2 aromatic carbocycles. The number of aromatic nitrogens is 1. The predicted molar refractivity (Wildman–Crippen MR) is 177 cm³/mol. The number of carboxylic acid groups (broad SMARTS) is 2. The molecule has 4 atom stereocenters. The molecule has 0 bridgehead atoms. The lowest BCUT2D eigenvalue weighted by Crippen LogP contribution is -2.51. The number of nitrogens with zero attached hydrogens (tertiary/aromatic N) is 4. The fourth-order valence-electron chi connectivity index (χ4n) is 6.13. The molecule has 17 heteroatoms. The Labute approximate surface area is 291 Å². The number of anilines is 1. The molecule has 14 nitrogen and oxygen atoms in total. The van der Waals surface area contributed by atoms with Gasteiger partial charge in [0.15, 0.2) is 0 Å². The Kier molecular flexibility index (Phi) is 10.9. The Bertz CT molecular complexity index is 1920. The molecule has 5 rings (SSSR count). The number of halogens is 2. The highest BCUT2D eigenvalue weighted by atomic mass is 35.5. The minimum absolute atomic E-state index is 0.0299. The van der Waals surface area contributed by atoms with E-state index >= 15 is 0 Å². The second-order valence-corrected chi connectivity index (χ2v) is 14.3. The molecule has 0 saturated carbocycles. The van der Waals surface area contributed by atoms with Crippen LogP contribution in [0.4, 0.5) is 5.69 Å². The van der Waals surface area contributed by atoms with Crippen molar-refractivity contribution in [3.63, 3.8) is 0 Å². The van der Waals surface area contributed by atoms with E-state index in [0.29, 0.717) is 30.6 Å². The summed E-state index contributed by atoms with van der Waals surface area (Å²) in [6.07, 6.45) is 3.25. The average Bonchev–Trinajstić information content (AvgIpc) is 3.74. The van der Waals surface area contributed by atoms with Crippen molar-refractivity contribution < 1.29 is 37.8 Å². The van der Waals surface area contributed by atoms with Gasteiger partial charge in [0.25, 0.3) is 5.91 Å². The SMILES string of the molecule is N#Cc1cccc(S(=O)(=O)N2C[C@H](N3CCC[C@@H]3C(=O)O)CC2C(=O)NC(Cc2ccc(NC(=O)c3c(Cl)cncc3Cl)cc2)C(=O)O)c1. The van der Waals surface area contributed by atoms with Crippen LogP contribution in [0.25, 0.3) is 0 Å². The Hall–Kier alpha value is -4.59. The number of benzene rings is 2. The predicted octanol–water partition coefficient (Wildman–Crippen LogP) is 3.01. The maximum absolute atomic E-state index is 13.9. The molecular weight excluding hydrogens is 699 g/mol. The lowest BCUT2D eigenvalue weighted by molar-refractivity contribution is -0.143. The first-order valence-electron chi connectivity index (χ1n) is 15.0. The summed E-state index contributed by atoms with van der Waals surface area (Å²) in [6, 6.07) is 9.04. The molecule has 2 saturated heterocycles. The number of nitriles is 1. The second-order valence-electron chi connectivity index (χ2n) is 11.6. The zero-order valence-electron chi connectivity index (χ0n) is 25.6. The molecule has 0 spiro atoms. The number of nitrogens with one attached hydrogen (secondary N) is 2. The smallest absolute Gasteiger partial charge is 0.326 e. The molecule has 3 heterocycles. The molecule has 2 fully saturated rings. The van der Waals surface area contributed by atoms with Crippen molar-refractivity contribution in [1.29, 1.82) is 5.26 Å². The van der Waals surface area contributed by atoms with E-state index in [-0.39, 0.29) is 45.5 Å². The van der Waals surface area contributed by atoms with Crippen molar-refractivity contribution >= 4 is 62.7 Å². The number of aliphatic carboxylic acids is 2. The van der Waals surface area contributed by atoms with Gasteiger partial charge in [-0.3, -0.25) is 24.3 Å². The highest BCUT2D eigenvalue weighted by molar-refractivity contribution is 7.89. The van der Waals surface area contributed by atoms with Crippen molar-refractivity contribution in [3.05, 3.63) is 87.7 Å². The van der Waals surface area contributed by atoms with Gasteiger partial charge in [0.1, 0.15) is 18.1 Å². The van der Waals surface area contributed by atoms with Crippen LogP contribution in [-0.2, 0) is 30.8 Å². The minimum Gasteiger partial charge on any atom is -0.480 e. The Morgan fingerprint density at radius 3 is 2.37 bits per heavy atom. The monoisotopic (exact) mass is 728 g/mol. The molecule has 2 aliphatic heterocycles. The molecule has 3 aromatic rings. The van der Waals surface area contributed by atoms with Crippen LogP contribution < -0.4 is 10.6 Å². The van der Waals surface area contributed by atoms with E-state index in [9.17, 15) is 43.1 Å². The van der Waals surface area contributed by atoms with E-state index in [2.05, 4.69) is 15.6 Å². The summed E-state index contributed by atoms with van der Waals surface area (Å²) < 4.78 is 28.7. The highest BCUT2D eigenvalue weighted by Gasteiger charge is 2.49. The first-order chi connectivity index (χ1) is 23.3. The minimum atomic E-state index is -4.38. The molecule has 4 N–H and O–H groups in total. The van der Waals surface area contributed by atoms with Gasteiger partial charge in [0.05, 0.1) is 32.1 Å². The first kappa shape index (κ1) is 35.7. The van der Waals surface area contributed by atoms with E-state index in [4.69, 9.17) is 23.2 Å². The number of carboxylic acids is 2. The van der Waals surface area contributed by atoms with E-state index in [1.54, 1.807) is 17.0 Å². The van der Waals surface area contributed by atoms with Crippen molar-refractivity contribution in [1.82, 2.24) is 19.5 Å². The fourth-order valence-corrected chi connectivity index (χ4v) is 8.35. The number of carbonyl (C=O) groups is 4. The summed E-state index contributed by atoms with van der Waals surface area (Å²) in [4.78, 5) is 56.0. The second kappa shape index (κ2) is 14.9. The van der Waals surface area contributed by atoms with Gasteiger partial charge in [-0.25, -0.2) is 13.2 Å². The third kappa shape index (κ3) is 7.85. The van der Waals surface area contributed by atoms with Gasteiger partial charge in [0.2, 0.25) is 15.9 Å². The van der Waals surface area contributed by atoms with Crippen LogP contribution in [0.15, 0.2) is 65.8 Å². The quantitative estimate of drug-likeness (QED) is 0.225. The maximum atomic E-state index is 13.9. The Balaban J connectivity index is 1.34. The van der Waals surface area contributed by atoms with E-state index < -0.39 is 57.9 Å². The van der Waals surface area contributed by atoms with Gasteiger partial charge >= 0.3 is 11.9 Å². The Morgan fingerprint density at radius 1 is 1.04 bits per heavy atom. The molecule has 0 aliphatic carbocycles. The highest BCUT2D eigenvalue weighted by Crippen LogP contribution is 2.33. The fraction of sp³-hybridized carbons (Fsp3) is 0.312. The number of amides is 2. The van der Waals surface area contributed by atoms with Crippen LogP contribution in [-0.4, -0.2) is 93.8 Å². The molecule has 49 heavy (non-hydrogen) atoms. The summed E-state index contributed by atoms with van der Waals surface area (Å²) in [6.45, 7) is 0.187. The molecule has 2 aliphatic rings. The number of rotatable bonds is 11. The zero-order chi connectivity index (χ0) is 35.5. The molecule has 2 unspecified atom stereocenters. The third-order valence-corrected chi connectivity index (χ3v) is 10.9. The summed E-state index contributed by atoms with van der Waals surface area (Å²) in [7, 11) is -4.38. The lowest BCUT2D eigenvalue weighted by atomic mass is 10.0. The summed E-state index contributed by atoms with van der Waals surface area (Å²) >= 11 is 12.1. The van der Waals surface area contributed by atoms with Gasteiger partial charge in [-0.05, 0) is 61.7 Å². The average molecular weight is 730 g/mol. The number of likely N-dealkylation sites (tertiary alicyclic amines) is 1. The topological polar surface area (TPSA) is 210 Å². The normalized spacial score (nSPS) is 20.3. The van der Waals surface area contributed by atoms with Gasteiger partial charge in [-0.2, -0.15) is 9.57 Å². The van der Waals surface area contributed by atoms with Crippen molar-refractivity contribution in [2.75, 3.05) is 18.4 Å². The van der Waals surface area contributed by atoms with E-state index in [1.165, 1.54) is 48.8 Å². The lowest BCUT2D eigenvalue weighted by Gasteiger charge is -2.27. The molecule has 0 radical (unpaired) electrons. The van der Waals surface area contributed by atoms with Gasteiger partial charge in [-0.15, -0.1) is 0 Å². The van der Waals surface area contributed by atoms with Crippen molar-refractivity contribution in [3.8, 4) is 6.07 Å². The largest absolute Gasteiger partial charge is 0.480 e. The standard InChI is InChI=1S/C32H30Cl2N6O8S/c33-23-15-36-16-24(34)28(23)30(42)37-20-8-6-18(7-9-20)12-25(31(43)44)38-29(41)27-13-21(39-10-2-5-26(39)32(45)46)17-40(27)49(47,48)22-4-1-3-19(11-22)14-35/h1,3-4,6-9,11,15-16,21,25-27H,2,5,10,12-13,17H2,(H,37,42)(H,38,41)(H,43,44)(H,45,46)/t21-,25?,26-,27?/m1/s1. The van der Waals surface area contributed by atoms with Gasteiger partial charge < -0.3 is 20.8 Å². The summed E-state index contributed by atoms with van der Waals surface area (Å²) in [5.74, 6) is -3.87. The number of hydrogen-bond donors (Lipinski definition) is 4. The maximum Gasteiger partial charge on any atom is 0.326 e. The number of pyridine rings is 1. The summed E-state index contributed by atoms with van der Waals surface area (Å²) in [5, 5.41) is 34.3. The third-order valence-electron chi connectivity index (χ3n) is 8.50. The Morgan fingerprint density at radius 2 is 1.73 bits per heavy atom. The first-order valence-corrected chi connectivity index (χ1v) is 17.2. The molecule has 256 valence electrons.